The third-order valence-corrected chi connectivity index (χ3v) is 9.29. The lowest BCUT2D eigenvalue weighted by Crippen LogP contribution is -3.00. The van der Waals surface area contributed by atoms with Crippen molar-refractivity contribution in [1.82, 2.24) is 9.97 Å². The zero-order valence-electron chi connectivity index (χ0n) is 24.6. The molecule has 0 amide bonds. The molecule has 3 aromatic carbocycles. The molecular formula is C30H33ClN4O8P2S. The van der Waals surface area contributed by atoms with Gasteiger partial charge in [0.25, 0.3) is 5.01 Å². The molecule has 0 bridgehead atoms. The average molecular weight is 707 g/mol. The number of hydrogen-bond acceptors (Lipinski definition) is 8. The van der Waals surface area contributed by atoms with Gasteiger partial charge in [-0.05, 0) is 36.8 Å². The van der Waals surface area contributed by atoms with Gasteiger partial charge in [0, 0.05) is 12.6 Å². The van der Waals surface area contributed by atoms with E-state index in [2.05, 4.69) is 73.4 Å². The van der Waals surface area contributed by atoms with E-state index in [9.17, 15) is 9.13 Å². The van der Waals surface area contributed by atoms with Gasteiger partial charge in [0.15, 0.2) is 6.54 Å². The van der Waals surface area contributed by atoms with Crippen LogP contribution in [-0.4, -0.2) is 36.1 Å². The van der Waals surface area contributed by atoms with E-state index in [1.54, 1.807) is 0 Å². The fraction of sp³-hybridized carbons (Fsp3) is 0.167. The Balaban J connectivity index is 0.000000506. The highest BCUT2D eigenvalue weighted by atomic mass is 35.5. The van der Waals surface area contributed by atoms with Crippen molar-refractivity contribution in [3.63, 3.8) is 0 Å². The number of nitrogen functional groups attached to an aromatic ring is 1. The molecule has 0 aliphatic heterocycles. The zero-order valence-corrected chi connectivity index (χ0v) is 27.9. The van der Waals surface area contributed by atoms with E-state index in [0.717, 1.165) is 24.2 Å². The van der Waals surface area contributed by atoms with Crippen molar-refractivity contribution >= 4 is 32.8 Å². The van der Waals surface area contributed by atoms with Gasteiger partial charge in [-0.1, -0.05) is 78.1 Å². The number of ether oxygens (including phenoxy) is 1. The van der Waals surface area contributed by atoms with Crippen LogP contribution < -0.4 is 27.4 Å². The maximum Gasteiger partial charge on any atom is 0.478 e. The van der Waals surface area contributed by atoms with Gasteiger partial charge in [-0.15, -0.1) is 0 Å². The van der Waals surface area contributed by atoms with Crippen LogP contribution in [0.3, 0.4) is 0 Å². The molecule has 46 heavy (non-hydrogen) atoms. The maximum atomic E-state index is 9.63. The van der Waals surface area contributed by atoms with Crippen molar-refractivity contribution in [3.8, 4) is 16.3 Å². The molecule has 0 spiro atoms. The number of aryl methyl sites for hydroxylation is 1. The first-order valence-corrected chi connectivity index (χ1v) is 17.5. The number of halogens is 1. The zero-order chi connectivity index (χ0) is 32.5. The van der Waals surface area contributed by atoms with Crippen molar-refractivity contribution in [2.45, 2.75) is 26.3 Å². The Bertz CT molecular complexity index is 1770. The number of nitrogens with zero attached hydrogens (tertiary/aromatic N) is 3. The molecule has 0 aliphatic carbocycles. The minimum absolute atomic E-state index is 0. The number of benzene rings is 3. The Labute approximate surface area is 276 Å². The number of phosphoric acid groups is 2. The Morgan fingerprint density at radius 3 is 1.98 bits per heavy atom. The van der Waals surface area contributed by atoms with Crippen LogP contribution in [0.25, 0.3) is 10.6 Å². The second-order valence-electron chi connectivity index (χ2n) is 9.69. The topological polar surface area (TPSA) is 189 Å². The van der Waals surface area contributed by atoms with E-state index < -0.39 is 15.6 Å². The average Bonchev–Trinajstić information content (AvgIpc) is 3.31. The first kappa shape index (κ1) is 37.0. The lowest BCUT2D eigenvalue weighted by molar-refractivity contribution is -0.680. The van der Waals surface area contributed by atoms with E-state index in [1.807, 2.05) is 60.9 Å². The van der Waals surface area contributed by atoms with E-state index in [4.69, 9.17) is 30.0 Å². The molecule has 2 heterocycles. The second kappa shape index (κ2) is 16.9. The van der Waals surface area contributed by atoms with E-state index >= 15 is 0 Å². The van der Waals surface area contributed by atoms with Gasteiger partial charge in [-0.2, -0.15) is 8.88 Å². The van der Waals surface area contributed by atoms with Crippen molar-refractivity contribution in [1.29, 1.82) is 0 Å². The van der Waals surface area contributed by atoms with Gasteiger partial charge in [0.05, 0.1) is 29.0 Å². The molecule has 0 saturated heterocycles. The Morgan fingerprint density at radius 2 is 1.43 bits per heavy atom. The molecule has 16 heteroatoms. The number of hydrogen-bond donors (Lipinski definition) is 5. The summed E-state index contributed by atoms with van der Waals surface area (Å²) in [6.07, 6.45) is 3.48. The molecule has 0 atom stereocenters. The molecule has 0 radical (unpaired) electrons. The predicted octanol–water partition coefficient (Wildman–Crippen LogP) is 1.84. The molecule has 5 aromatic rings. The fourth-order valence-corrected chi connectivity index (χ4v) is 6.73. The third-order valence-electron chi connectivity index (χ3n) is 6.25. The monoisotopic (exact) mass is 706 g/mol. The third kappa shape index (κ3) is 11.7. The number of nitrogens with two attached hydrogens (primary N) is 1. The number of aromatic nitrogens is 3. The summed E-state index contributed by atoms with van der Waals surface area (Å²) in [4.78, 5) is 41.1. The minimum atomic E-state index is -5.05. The number of para-hydroxylation sites is 1. The minimum Gasteiger partial charge on any atom is -1.00 e. The smallest absolute Gasteiger partial charge is 0.478 e. The van der Waals surface area contributed by atoms with Crippen molar-refractivity contribution in [3.05, 3.63) is 125 Å². The van der Waals surface area contributed by atoms with E-state index in [0.29, 0.717) is 24.8 Å². The van der Waals surface area contributed by atoms with E-state index in [-0.39, 0.29) is 12.4 Å². The largest absolute Gasteiger partial charge is 1.00 e. The Hall–Kier alpha value is -3.48. The van der Waals surface area contributed by atoms with E-state index in [1.165, 1.54) is 26.7 Å². The van der Waals surface area contributed by atoms with Crippen LogP contribution in [0.4, 0.5) is 5.82 Å². The Morgan fingerprint density at radius 1 is 0.870 bits per heavy atom. The number of anilines is 1. The summed E-state index contributed by atoms with van der Waals surface area (Å²) in [5.41, 5.74) is 11.0. The summed E-state index contributed by atoms with van der Waals surface area (Å²) in [6.45, 7) is 3.07. The first-order valence-electron chi connectivity index (χ1n) is 13.6. The molecule has 2 aromatic heterocycles. The molecule has 5 rings (SSSR count). The van der Waals surface area contributed by atoms with Crippen LogP contribution in [0.1, 0.15) is 27.5 Å². The highest BCUT2D eigenvalue weighted by Gasteiger charge is 2.29. The van der Waals surface area contributed by atoms with Crippen LogP contribution in [0, 0.1) is 6.92 Å². The van der Waals surface area contributed by atoms with Gasteiger partial charge in [0.2, 0.25) is 5.69 Å². The normalized spacial score (nSPS) is 11.2. The Kier molecular flexibility index (Phi) is 13.6. The number of rotatable bonds is 11. The van der Waals surface area contributed by atoms with Gasteiger partial charge in [-0.25, -0.2) is 19.1 Å². The quantitative estimate of drug-likeness (QED) is 0.0996. The summed E-state index contributed by atoms with van der Waals surface area (Å²) in [5.74, 6) is 2.09. The first-order chi connectivity index (χ1) is 21.4. The predicted molar refractivity (Wildman–Crippen MR) is 170 cm³/mol. The van der Waals surface area contributed by atoms with Crippen molar-refractivity contribution in [2.24, 2.45) is 0 Å². The summed E-state index contributed by atoms with van der Waals surface area (Å²) in [7, 11) is -10.1. The number of thiazole rings is 1. The van der Waals surface area contributed by atoms with Crippen LogP contribution in [0.15, 0.2) is 97.2 Å². The molecule has 0 aliphatic rings. The summed E-state index contributed by atoms with van der Waals surface area (Å²) < 4.78 is 30.7. The van der Waals surface area contributed by atoms with Gasteiger partial charge >= 0.3 is 15.6 Å². The molecule has 0 saturated carbocycles. The molecular weight excluding hydrogens is 674 g/mol. The summed E-state index contributed by atoms with van der Waals surface area (Å²) in [6, 6.07) is 31.1. The maximum absolute atomic E-state index is 9.63. The van der Waals surface area contributed by atoms with Crippen molar-refractivity contribution in [2.75, 3.05) is 12.3 Å². The molecule has 0 unspecified atom stereocenters. The molecule has 6 N–H and O–H groups in total. The van der Waals surface area contributed by atoms with Crippen LogP contribution in [-0.2, 0) is 32.8 Å². The molecule has 244 valence electrons. The van der Waals surface area contributed by atoms with Crippen molar-refractivity contribution < 1.29 is 54.7 Å². The standard InChI is InChI=1S/C30H29N4OS.ClH.H4O7P2/c1-22-32-20-25(29(31)33-22)21-34-27(19-23-11-5-2-6-12-23)28(17-18-35-26-15-9-4-10-16-26)36-30(34)24-13-7-3-8-14-24;;1-8(2,3)7-9(4,5)6/h2-16,20H,17-19,21H2,1H3,(H2,31,32,33);1H;(H2,1,2,3)(H2,4,5,6)/q+1;;/p-1. The molecule has 0 fully saturated rings. The summed E-state index contributed by atoms with van der Waals surface area (Å²) >= 11 is 1.82. The van der Waals surface area contributed by atoms with Gasteiger partial charge in [-0.3, -0.25) is 0 Å². The fourth-order valence-electron chi connectivity index (χ4n) is 4.37. The van der Waals surface area contributed by atoms with Crippen LogP contribution >= 0.6 is 27.0 Å². The highest BCUT2D eigenvalue weighted by molar-refractivity contribution is 7.60. The molecule has 12 nitrogen and oxygen atoms in total. The SMILES string of the molecule is Cc1ncc(C[n+]2c(-c3ccccc3)sc(CCOc3ccccc3)c2Cc2ccccc2)c(N)n1.O=P(O)(O)OP(=O)(O)O.[Cl-]. The lowest BCUT2D eigenvalue weighted by atomic mass is 10.1. The summed E-state index contributed by atoms with van der Waals surface area (Å²) in [5, 5.41) is 1.19. The van der Waals surface area contributed by atoms with Gasteiger partial charge < -0.3 is 42.5 Å². The van der Waals surface area contributed by atoms with Gasteiger partial charge in [0.1, 0.15) is 17.4 Å². The van der Waals surface area contributed by atoms with Crippen LogP contribution in [0.5, 0.6) is 5.75 Å². The second-order valence-corrected chi connectivity index (χ2v) is 13.4. The van der Waals surface area contributed by atoms with Crippen LogP contribution in [0.2, 0.25) is 0 Å². The lowest BCUT2D eigenvalue weighted by Gasteiger charge is -2.08. The highest BCUT2D eigenvalue weighted by Crippen LogP contribution is 2.53.